The Morgan fingerprint density at radius 3 is 2.67 bits per heavy atom. The molecule has 15 heavy (non-hydrogen) atoms. The van der Waals surface area contributed by atoms with Crippen LogP contribution in [0.2, 0.25) is 0 Å². The van der Waals surface area contributed by atoms with Gasteiger partial charge in [-0.1, -0.05) is 12.1 Å². The van der Waals surface area contributed by atoms with E-state index in [0.717, 1.165) is 18.9 Å². The quantitative estimate of drug-likeness (QED) is 0.599. The fraction of sp³-hybridized carbons (Fsp3) is 0.400. The first-order valence-electron chi connectivity index (χ1n) is 5.04. The van der Waals surface area contributed by atoms with Crippen LogP contribution in [0.5, 0.6) is 0 Å². The highest BCUT2D eigenvalue weighted by Crippen LogP contribution is 2.19. The van der Waals surface area contributed by atoms with E-state index in [9.17, 15) is 4.39 Å². The van der Waals surface area contributed by atoms with Gasteiger partial charge in [0.2, 0.25) is 0 Å². The molecule has 0 saturated heterocycles. The molecule has 80 valence electrons. The maximum atomic E-state index is 13.4. The van der Waals surface area contributed by atoms with Crippen molar-refractivity contribution >= 4 is 12.6 Å². The summed E-state index contributed by atoms with van der Waals surface area (Å²) in [4.78, 5) is 0. The van der Waals surface area contributed by atoms with Gasteiger partial charge < -0.3 is 15.4 Å². The lowest BCUT2D eigenvalue weighted by molar-refractivity contribution is 0.425. The van der Waals surface area contributed by atoms with Crippen molar-refractivity contribution < 1.29 is 14.4 Å². The number of nitrogens with one attached hydrogen (secondary N) is 1. The van der Waals surface area contributed by atoms with Crippen LogP contribution < -0.4 is 10.8 Å². The summed E-state index contributed by atoms with van der Waals surface area (Å²) >= 11 is 0. The fourth-order valence-electron chi connectivity index (χ4n) is 1.41. The van der Waals surface area contributed by atoms with Crippen LogP contribution in [-0.2, 0) is 6.54 Å². The van der Waals surface area contributed by atoms with Gasteiger partial charge in [-0.15, -0.1) is 0 Å². The van der Waals surface area contributed by atoms with E-state index in [1.165, 1.54) is 6.07 Å². The zero-order valence-corrected chi connectivity index (χ0v) is 8.28. The third-order valence-corrected chi connectivity index (χ3v) is 2.53. The first kappa shape index (κ1) is 10.6. The van der Waals surface area contributed by atoms with Crippen molar-refractivity contribution in [2.24, 2.45) is 0 Å². The Labute approximate surface area is 88.1 Å². The van der Waals surface area contributed by atoms with E-state index >= 15 is 0 Å². The largest absolute Gasteiger partial charge is 0.488 e. The average molecular weight is 209 g/mol. The lowest BCUT2D eigenvalue weighted by Crippen LogP contribution is -2.30. The topological polar surface area (TPSA) is 52.5 Å². The number of benzene rings is 1. The molecule has 0 radical (unpaired) electrons. The van der Waals surface area contributed by atoms with Crippen LogP contribution in [0.25, 0.3) is 0 Å². The zero-order valence-electron chi connectivity index (χ0n) is 8.28. The zero-order chi connectivity index (χ0) is 10.8. The second kappa shape index (κ2) is 4.30. The number of hydrogen-bond acceptors (Lipinski definition) is 3. The van der Waals surface area contributed by atoms with Crippen molar-refractivity contribution in [2.75, 3.05) is 0 Å². The molecule has 0 bridgehead atoms. The van der Waals surface area contributed by atoms with Gasteiger partial charge in [-0.25, -0.2) is 4.39 Å². The molecular formula is C10H13BFNO2. The first-order chi connectivity index (χ1) is 7.16. The van der Waals surface area contributed by atoms with Crippen LogP contribution in [0.3, 0.4) is 0 Å². The molecule has 0 aliphatic heterocycles. The van der Waals surface area contributed by atoms with Gasteiger partial charge in [0.15, 0.2) is 0 Å². The molecular weight excluding hydrogens is 196 g/mol. The summed E-state index contributed by atoms with van der Waals surface area (Å²) in [5.74, 6) is -0.395. The van der Waals surface area contributed by atoms with Crippen molar-refractivity contribution in [2.45, 2.75) is 25.4 Å². The molecule has 0 amide bonds. The van der Waals surface area contributed by atoms with Crippen molar-refractivity contribution in [3.8, 4) is 0 Å². The SMILES string of the molecule is OB(O)c1ccc(CNC2CC2)c(F)c1. The molecule has 3 nitrogen and oxygen atoms in total. The highest BCUT2D eigenvalue weighted by Gasteiger charge is 2.21. The average Bonchev–Trinajstić information content (AvgIpc) is 2.99. The van der Waals surface area contributed by atoms with Gasteiger partial charge in [-0.3, -0.25) is 0 Å². The van der Waals surface area contributed by atoms with Crippen molar-refractivity contribution in [3.05, 3.63) is 29.6 Å². The van der Waals surface area contributed by atoms with Gasteiger partial charge in [0.25, 0.3) is 0 Å². The summed E-state index contributed by atoms with van der Waals surface area (Å²) in [5.41, 5.74) is 0.744. The summed E-state index contributed by atoms with van der Waals surface area (Å²) in [5, 5.41) is 20.9. The Hall–Kier alpha value is -0.905. The summed E-state index contributed by atoms with van der Waals surface area (Å²) in [6.07, 6.45) is 2.32. The highest BCUT2D eigenvalue weighted by molar-refractivity contribution is 6.58. The predicted molar refractivity (Wildman–Crippen MR) is 56.1 cm³/mol. The van der Waals surface area contributed by atoms with E-state index in [1.54, 1.807) is 6.07 Å². The summed E-state index contributed by atoms with van der Waals surface area (Å²) in [7, 11) is -1.61. The summed E-state index contributed by atoms with van der Waals surface area (Å²) in [6, 6.07) is 4.80. The maximum absolute atomic E-state index is 13.4. The van der Waals surface area contributed by atoms with Gasteiger partial charge >= 0.3 is 7.12 Å². The molecule has 1 aliphatic carbocycles. The second-order valence-corrected chi connectivity index (χ2v) is 3.88. The predicted octanol–water partition coefficient (Wildman–Crippen LogP) is -0.243. The van der Waals surface area contributed by atoms with Crippen LogP contribution in [-0.4, -0.2) is 23.2 Å². The van der Waals surface area contributed by atoms with E-state index < -0.39 is 12.9 Å². The minimum absolute atomic E-state index is 0.183. The molecule has 0 spiro atoms. The van der Waals surface area contributed by atoms with Gasteiger partial charge in [0.1, 0.15) is 5.82 Å². The molecule has 0 unspecified atom stereocenters. The lowest BCUT2D eigenvalue weighted by Gasteiger charge is -2.06. The standard InChI is InChI=1S/C10H13BFNO2/c12-10-5-8(11(14)15)2-1-7(10)6-13-9-3-4-9/h1-2,5,9,13-15H,3-4,6H2. The maximum Gasteiger partial charge on any atom is 0.488 e. The van der Waals surface area contributed by atoms with Crippen LogP contribution in [0.4, 0.5) is 4.39 Å². The molecule has 0 aromatic heterocycles. The minimum atomic E-state index is -1.61. The van der Waals surface area contributed by atoms with E-state index in [0.29, 0.717) is 18.2 Å². The molecule has 5 heteroatoms. The Morgan fingerprint density at radius 1 is 1.40 bits per heavy atom. The van der Waals surface area contributed by atoms with E-state index in [4.69, 9.17) is 10.0 Å². The number of rotatable bonds is 4. The van der Waals surface area contributed by atoms with Crippen LogP contribution in [0.1, 0.15) is 18.4 Å². The third kappa shape index (κ3) is 2.78. The molecule has 2 rings (SSSR count). The Bertz CT molecular complexity index is 355. The first-order valence-corrected chi connectivity index (χ1v) is 5.04. The Kier molecular flexibility index (Phi) is 3.04. The fourth-order valence-corrected chi connectivity index (χ4v) is 1.41. The minimum Gasteiger partial charge on any atom is -0.423 e. The molecule has 0 atom stereocenters. The summed E-state index contributed by atoms with van der Waals surface area (Å²) in [6.45, 7) is 0.498. The monoisotopic (exact) mass is 209 g/mol. The molecule has 1 aromatic carbocycles. The second-order valence-electron chi connectivity index (χ2n) is 3.88. The third-order valence-electron chi connectivity index (χ3n) is 2.53. The van der Waals surface area contributed by atoms with Crippen molar-refractivity contribution in [3.63, 3.8) is 0 Å². The molecule has 1 aliphatic rings. The molecule has 0 heterocycles. The van der Waals surface area contributed by atoms with Gasteiger partial charge in [-0.05, 0) is 24.4 Å². The van der Waals surface area contributed by atoms with Gasteiger partial charge in [0.05, 0.1) is 0 Å². The smallest absolute Gasteiger partial charge is 0.423 e. The van der Waals surface area contributed by atoms with Gasteiger partial charge in [-0.2, -0.15) is 0 Å². The van der Waals surface area contributed by atoms with Crippen LogP contribution in [0.15, 0.2) is 18.2 Å². The summed E-state index contributed by atoms with van der Waals surface area (Å²) < 4.78 is 13.4. The van der Waals surface area contributed by atoms with E-state index in [-0.39, 0.29) is 5.46 Å². The number of halogens is 1. The Balaban J connectivity index is 2.04. The highest BCUT2D eigenvalue weighted by atomic mass is 19.1. The lowest BCUT2D eigenvalue weighted by atomic mass is 9.80. The van der Waals surface area contributed by atoms with Crippen molar-refractivity contribution in [1.82, 2.24) is 5.32 Å². The van der Waals surface area contributed by atoms with Gasteiger partial charge in [0, 0.05) is 18.2 Å². The van der Waals surface area contributed by atoms with Crippen LogP contribution in [0, 0.1) is 5.82 Å². The van der Waals surface area contributed by atoms with Crippen LogP contribution >= 0.6 is 0 Å². The normalized spacial score (nSPS) is 15.4. The van der Waals surface area contributed by atoms with E-state index in [2.05, 4.69) is 5.32 Å². The Morgan fingerprint density at radius 2 is 2.13 bits per heavy atom. The van der Waals surface area contributed by atoms with Crippen molar-refractivity contribution in [1.29, 1.82) is 0 Å². The van der Waals surface area contributed by atoms with E-state index in [1.807, 2.05) is 0 Å². The molecule has 1 saturated carbocycles. The number of hydrogen-bond donors (Lipinski definition) is 3. The molecule has 3 N–H and O–H groups in total. The molecule has 1 fully saturated rings. The molecule has 1 aromatic rings.